The van der Waals surface area contributed by atoms with Gasteiger partial charge in [-0.2, -0.15) is 0 Å². The van der Waals surface area contributed by atoms with E-state index in [1.807, 2.05) is 13.8 Å². The Morgan fingerprint density at radius 3 is 2.63 bits per heavy atom. The van der Waals surface area contributed by atoms with Gasteiger partial charge < -0.3 is 10.1 Å². The molecule has 8 atom stereocenters. The smallest absolute Gasteiger partial charge is 0.309 e. The molecule has 1 N–H and O–H groups in total. The van der Waals surface area contributed by atoms with Gasteiger partial charge in [0.15, 0.2) is 0 Å². The summed E-state index contributed by atoms with van der Waals surface area (Å²) in [5.74, 6) is -0.262. The van der Waals surface area contributed by atoms with Crippen LogP contribution < -0.4 is 5.32 Å². The molecule has 6 rings (SSSR count). The van der Waals surface area contributed by atoms with Crippen LogP contribution in [0.3, 0.4) is 0 Å². The van der Waals surface area contributed by atoms with Crippen LogP contribution in [0.25, 0.3) is 0 Å². The van der Waals surface area contributed by atoms with Gasteiger partial charge in [-0.1, -0.05) is 0 Å². The maximum absolute atomic E-state index is 12.4. The number of carbonyl (C=O) groups is 2. The summed E-state index contributed by atoms with van der Waals surface area (Å²) < 4.78 is 5.36. The van der Waals surface area contributed by atoms with Crippen molar-refractivity contribution in [3.05, 3.63) is 0 Å². The van der Waals surface area contributed by atoms with Crippen molar-refractivity contribution >= 4 is 35.1 Å². The number of alkyl halides is 2. The van der Waals surface area contributed by atoms with Crippen LogP contribution in [0.5, 0.6) is 0 Å². The number of hydrogen-bond donors (Lipinski definition) is 1. The zero-order chi connectivity index (χ0) is 13.7. The topological polar surface area (TPSA) is 55.4 Å². The molecule has 6 bridgehead atoms. The first-order valence-corrected chi connectivity index (χ1v) is 7.55. The minimum atomic E-state index is -0.924. The second kappa shape index (κ2) is 3.40. The number of nitrogens with one attached hydrogen (secondary N) is 1. The summed E-state index contributed by atoms with van der Waals surface area (Å²) in [7, 11) is 0. The summed E-state index contributed by atoms with van der Waals surface area (Å²) in [6, 6.07) is 0.0484. The zero-order valence-electron chi connectivity index (χ0n) is 10.6. The van der Waals surface area contributed by atoms with Gasteiger partial charge in [0.05, 0.1) is 11.3 Å². The van der Waals surface area contributed by atoms with E-state index in [2.05, 4.69) is 5.32 Å². The number of esters is 1. The van der Waals surface area contributed by atoms with E-state index in [4.69, 9.17) is 27.9 Å². The van der Waals surface area contributed by atoms with E-state index < -0.39 is 11.0 Å². The Balaban J connectivity index is 1.67. The van der Waals surface area contributed by atoms with Gasteiger partial charge in [0.1, 0.15) is 11.0 Å². The molecule has 0 unspecified atom stereocenters. The SMILES string of the molecule is CC(C)NC(=O)[C@]1(Cl)[C@@H]2[C@@H]3[C@@H](Cl)[C@H]4OC(=O)[C@@H]3[C@@H]2[C@H]41. The van der Waals surface area contributed by atoms with Gasteiger partial charge in [-0.25, -0.2) is 0 Å². The van der Waals surface area contributed by atoms with Gasteiger partial charge in [0.25, 0.3) is 0 Å². The van der Waals surface area contributed by atoms with Gasteiger partial charge in [-0.15, -0.1) is 23.2 Å². The Morgan fingerprint density at radius 2 is 2.05 bits per heavy atom. The molecule has 0 spiro atoms. The van der Waals surface area contributed by atoms with Crippen molar-refractivity contribution < 1.29 is 14.3 Å². The van der Waals surface area contributed by atoms with Crippen LogP contribution in [0.1, 0.15) is 13.8 Å². The molecule has 2 aliphatic heterocycles. The lowest BCUT2D eigenvalue weighted by Gasteiger charge is -2.78. The number of amides is 1. The van der Waals surface area contributed by atoms with Crippen LogP contribution in [0.4, 0.5) is 0 Å². The molecular formula is C13H15Cl2NO3. The standard InChI is InChI=1S/C13H15Cl2NO3/c1-3(2)16-12(18)13(15)7-5-4-6(7)9(14)10(8(5)13)19-11(4)17/h3-10H,1-2H3,(H,16,18)/t4-,5+,6-,7+,8-,9-,10+,13+/m1/s1. The maximum Gasteiger partial charge on any atom is 0.309 e. The summed E-state index contributed by atoms with van der Waals surface area (Å²) >= 11 is 13.0. The molecular weight excluding hydrogens is 289 g/mol. The van der Waals surface area contributed by atoms with Gasteiger partial charge in [0.2, 0.25) is 5.91 Å². The van der Waals surface area contributed by atoms with E-state index in [-0.39, 0.29) is 52.9 Å². The molecule has 0 radical (unpaired) electrons. The molecule has 4 nitrogen and oxygen atoms in total. The van der Waals surface area contributed by atoms with Crippen LogP contribution in [0, 0.1) is 29.6 Å². The molecule has 6 heteroatoms. The van der Waals surface area contributed by atoms with E-state index in [9.17, 15) is 9.59 Å². The first kappa shape index (κ1) is 12.3. The van der Waals surface area contributed by atoms with Crippen molar-refractivity contribution in [2.24, 2.45) is 29.6 Å². The van der Waals surface area contributed by atoms with Gasteiger partial charge in [0, 0.05) is 12.0 Å². The fraction of sp³-hybridized carbons (Fsp3) is 0.846. The first-order valence-electron chi connectivity index (χ1n) is 6.73. The fourth-order valence-electron chi connectivity index (χ4n) is 4.82. The number of carbonyl (C=O) groups excluding carboxylic acids is 2. The van der Waals surface area contributed by atoms with Crippen LogP contribution in [0.15, 0.2) is 0 Å². The quantitative estimate of drug-likeness (QED) is 0.615. The first-order chi connectivity index (χ1) is 8.89. The Kier molecular flexibility index (Phi) is 2.19. The fourth-order valence-corrected chi connectivity index (χ4v) is 5.95. The zero-order valence-corrected chi connectivity index (χ0v) is 12.1. The molecule has 0 aromatic heterocycles. The van der Waals surface area contributed by atoms with Gasteiger partial charge in [-0.05, 0) is 31.6 Å². The molecule has 4 aliphatic carbocycles. The number of rotatable bonds is 2. The summed E-state index contributed by atoms with van der Waals surface area (Å²) in [5, 5.41) is 2.71. The minimum Gasteiger partial charge on any atom is -0.460 e. The van der Waals surface area contributed by atoms with Gasteiger partial charge >= 0.3 is 5.97 Å². The number of hydrogen-bond acceptors (Lipinski definition) is 3. The van der Waals surface area contributed by atoms with Crippen LogP contribution in [-0.4, -0.2) is 34.3 Å². The van der Waals surface area contributed by atoms with E-state index in [1.54, 1.807) is 0 Å². The minimum absolute atomic E-state index is 0.0123. The average Bonchev–Trinajstić information content (AvgIpc) is 2.26. The highest BCUT2D eigenvalue weighted by Crippen LogP contribution is 2.78. The lowest BCUT2D eigenvalue weighted by molar-refractivity contribution is -0.305. The third kappa shape index (κ3) is 1.12. The Hall–Kier alpha value is -0.480. The third-order valence-corrected chi connectivity index (χ3v) is 6.59. The predicted molar refractivity (Wildman–Crippen MR) is 68.8 cm³/mol. The summed E-state index contributed by atoms with van der Waals surface area (Å²) in [4.78, 5) is 23.2. The molecule has 1 amide bonds. The second-order valence-electron chi connectivity index (χ2n) is 6.47. The average molecular weight is 304 g/mol. The molecule has 19 heavy (non-hydrogen) atoms. The normalized spacial score (nSPS) is 56.3. The van der Waals surface area contributed by atoms with E-state index in [1.165, 1.54) is 0 Å². The molecule has 2 heterocycles. The molecule has 0 aromatic carbocycles. The van der Waals surface area contributed by atoms with E-state index in [0.29, 0.717) is 0 Å². The lowest BCUT2D eigenvalue weighted by Crippen LogP contribution is -2.89. The van der Waals surface area contributed by atoms with E-state index in [0.717, 1.165) is 0 Å². The van der Waals surface area contributed by atoms with Crippen molar-refractivity contribution in [3.8, 4) is 0 Å². The number of ether oxygens (including phenoxy) is 1. The lowest BCUT2D eigenvalue weighted by atomic mass is 9.30. The summed E-state index contributed by atoms with van der Waals surface area (Å²) in [6.07, 6.45) is -0.394. The number of halogens is 2. The maximum atomic E-state index is 12.4. The van der Waals surface area contributed by atoms with Gasteiger partial charge in [-0.3, -0.25) is 9.59 Å². The van der Waals surface area contributed by atoms with Crippen molar-refractivity contribution in [1.82, 2.24) is 5.32 Å². The highest BCUT2D eigenvalue weighted by molar-refractivity contribution is 6.37. The monoisotopic (exact) mass is 303 g/mol. The molecule has 6 aliphatic rings. The predicted octanol–water partition coefficient (Wildman–Crippen LogP) is 1.14. The number of fused-ring (bicyclic) bond motifs is 1. The third-order valence-electron chi connectivity index (χ3n) is 5.37. The summed E-state index contributed by atoms with van der Waals surface area (Å²) in [5.41, 5.74) is 0. The highest BCUT2D eigenvalue weighted by Gasteiger charge is 2.87. The van der Waals surface area contributed by atoms with Crippen molar-refractivity contribution in [1.29, 1.82) is 0 Å². The Bertz CT molecular complexity index is 494. The molecule has 6 fully saturated rings. The van der Waals surface area contributed by atoms with Crippen molar-refractivity contribution in [2.45, 2.75) is 36.2 Å². The molecule has 2 saturated heterocycles. The molecule has 104 valence electrons. The van der Waals surface area contributed by atoms with Crippen molar-refractivity contribution in [3.63, 3.8) is 0 Å². The van der Waals surface area contributed by atoms with Crippen LogP contribution in [0.2, 0.25) is 0 Å². The summed E-state index contributed by atoms with van der Waals surface area (Å²) in [6.45, 7) is 3.81. The van der Waals surface area contributed by atoms with Crippen LogP contribution in [-0.2, 0) is 14.3 Å². The van der Waals surface area contributed by atoms with E-state index >= 15 is 0 Å². The Morgan fingerprint density at radius 1 is 1.37 bits per heavy atom. The molecule has 4 saturated carbocycles. The second-order valence-corrected chi connectivity index (χ2v) is 7.60. The van der Waals surface area contributed by atoms with Crippen LogP contribution >= 0.6 is 23.2 Å². The van der Waals surface area contributed by atoms with Crippen molar-refractivity contribution in [2.75, 3.05) is 0 Å². The Labute approximate surface area is 121 Å². The molecule has 0 aromatic rings. The highest BCUT2D eigenvalue weighted by atomic mass is 35.5. The largest absolute Gasteiger partial charge is 0.460 e.